The minimum Gasteiger partial charge on any atom is -0.481 e. The lowest BCUT2D eigenvalue weighted by molar-refractivity contribution is -0.146. The SMILES string of the molecule is CCc1ccc(C(=O)N2CC(C(=O)O)C2)s1. The quantitative estimate of drug-likeness (QED) is 0.869. The number of nitrogens with zero attached hydrogens (tertiary/aromatic N) is 1. The second-order valence-corrected chi connectivity index (χ2v) is 5.03. The molecular formula is C11H13NO3S. The van der Waals surface area contributed by atoms with Crippen molar-refractivity contribution in [3.05, 3.63) is 21.9 Å². The maximum absolute atomic E-state index is 11.9. The van der Waals surface area contributed by atoms with Crippen molar-refractivity contribution in [2.75, 3.05) is 13.1 Å². The molecule has 0 unspecified atom stereocenters. The summed E-state index contributed by atoms with van der Waals surface area (Å²) in [7, 11) is 0. The Bertz CT molecular complexity index is 421. The van der Waals surface area contributed by atoms with Crippen LogP contribution in [0.3, 0.4) is 0 Å². The van der Waals surface area contributed by atoms with E-state index < -0.39 is 5.97 Å². The molecule has 0 spiro atoms. The van der Waals surface area contributed by atoms with Gasteiger partial charge >= 0.3 is 5.97 Å². The van der Waals surface area contributed by atoms with E-state index in [0.29, 0.717) is 18.0 Å². The average molecular weight is 239 g/mol. The van der Waals surface area contributed by atoms with E-state index in [9.17, 15) is 9.59 Å². The van der Waals surface area contributed by atoms with E-state index in [0.717, 1.165) is 6.42 Å². The van der Waals surface area contributed by atoms with Crippen LogP contribution in [0.15, 0.2) is 12.1 Å². The molecule has 1 saturated heterocycles. The van der Waals surface area contributed by atoms with Gasteiger partial charge in [0.15, 0.2) is 0 Å². The molecule has 0 aromatic carbocycles. The van der Waals surface area contributed by atoms with Crippen molar-refractivity contribution < 1.29 is 14.7 Å². The first-order valence-corrected chi connectivity index (χ1v) is 6.04. The van der Waals surface area contributed by atoms with Gasteiger partial charge < -0.3 is 10.0 Å². The number of likely N-dealkylation sites (tertiary alicyclic amines) is 1. The molecule has 1 amide bonds. The van der Waals surface area contributed by atoms with Crippen LogP contribution in [0.25, 0.3) is 0 Å². The van der Waals surface area contributed by atoms with E-state index in [2.05, 4.69) is 0 Å². The van der Waals surface area contributed by atoms with E-state index in [1.54, 1.807) is 4.90 Å². The first-order chi connectivity index (χ1) is 7.61. The van der Waals surface area contributed by atoms with Crippen LogP contribution >= 0.6 is 11.3 Å². The second kappa shape index (κ2) is 4.25. The number of carbonyl (C=O) groups excluding carboxylic acids is 1. The summed E-state index contributed by atoms with van der Waals surface area (Å²) in [5.41, 5.74) is 0. The number of hydrogen-bond donors (Lipinski definition) is 1. The highest BCUT2D eigenvalue weighted by molar-refractivity contribution is 7.14. The molecule has 1 N–H and O–H groups in total. The highest BCUT2D eigenvalue weighted by atomic mass is 32.1. The molecular weight excluding hydrogens is 226 g/mol. The van der Waals surface area contributed by atoms with E-state index in [1.807, 2.05) is 19.1 Å². The summed E-state index contributed by atoms with van der Waals surface area (Å²) < 4.78 is 0. The fraction of sp³-hybridized carbons (Fsp3) is 0.455. The molecule has 4 nitrogen and oxygen atoms in total. The number of aryl methyl sites for hydroxylation is 1. The van der Waals surface area contributed by atoms with Gasteiger partial charge in [-0.2, -0.15) is 0 Å². The molecule has 0 radical (unpaired) electrons. The predicted octanol–water partition coefficient (Wildman–Crippen LogP) is 1.47. The highest BCUT2D eigenvalue weighted by Crippen LogP contribution is 2.23. The van der Waals surface area contributed by atoms with Gasteiger partial charge in [0.1, 0.15) is 0 Å². The van der Waals surface area contributed by atoms with Crippen LogP contribution in [-0.2, 0) is 11.2 Å². The normalized spacial score (nSPS) is 15.9. The standard InChI is InChI=1S/C11H13NO3S/c1-2-8-3-4-9(16-8)10(13)12-5-7(6-12)11(14)15/h3-4,7H,2,5-6H2,1H3,(H,14,15). The van der Waals surface area contributed by atoms with Gasteiger partial charge in [-0.3, -0.25) is 9.59 Å². The topological polar surface area (TPSA) is 57.6 Å². The lowest BCUT2D eigenvalue weighted by Crippen LogP contribution is -2.52. The Hall–Kier alpha value is -1.36. The molecule has 0 aliphatic carbocycles. The molecule has 1 aliphatic heterocycles. The van der Waals surface area contributed by atoms with Crippen molar-refractivity contribution in [1.82, 2.24) is 4.90 Å². The first kappa shape index (κ1) is 11.1. The number of hydrogen-bond acceptors (Lipinski definition) is 3. The van der Waals surface area contributed by atoms with Gasteiger partial charge in [0, 0.05) is 18.0 Å². The zero-order valence-corrected chi connectivity index (χ0v) is 9.79. The monoisotopic (exact) mass is 239 g/mol. The fourth-order valence-electron chi connectivity index (χ4n) is 1.64. The van der Waals surface area contributed by atoms with Crippen molar-refractivity contribution in [2.45, 2.75) is 13.3 Å². The third-order valence-electron chi connectivity index (χ3n) is 2.74. The zero-order chi connectivity index (χ0) is 11.7. The van der Waals surface area contributed by atoms with Gasteiger partial charge in [0.25, 0.3) is 5.91 Å². The Kier molecular flexibility index (Phi) is 2.96. The van der Waals surface area contributed by atoms with Crippen LogP contribution in [0.2, 0.25) is 0 Å². The Labute approximate surface area is 97.5 Å². The van der Waals surface area contributed by atoms with E-state index >= 15 is 0 Å². The third kappa shape index (κ3) is 1.95. The highest BCUT2D eigenvalue weighted by Gasteiger charge is 2.36. The van der Waals surface area contributed by atoms with E-state index in [-0.39, 0.29) is 11.8 Å². The fourth-order valence-corrected chi connectivity index (χ4v) is 2.55. The van der Waals surface area contributed by atoms with Crippen LogP contribution in [0.5, 0.6) is 0 Å². The molecule has 1 aliphatic rings. The van der Waals surface area contributed by atoms with Gasteiger partial charge in [-0.05, 0) is 18.6 Å². The summed E-state index contributed by atoms with van der Waals surface area (Å²) in [6, 6.07) is 3.77. The summed E-state index contributed by atoms with van der Waals surface area (Å²) in [6.45, 7) is 2.73. The molecule has 0 bridgehead atoms. The van der Waals surface area contributed by atoms with Gasteiger partial charge in [-0.1, -0.05) is 6.92 Å². The lowest BCUT2D eigenvalue weighted by Gasteiger charge is -2.36. The Morgan fingerprint density at radius 1 is 1.50 bits per heavy atom. The summed E-state index contributed by atoms with van der Waals surface area (Å²) in [6.07, 6.45) is 0.926. The van der Waals surface area contributed by atoms with Crippen molar-refractivity contribution in [3.8, 4) is 0 Å². The average Bonchev–Trinajstić information content (AvgIpc) is 2.62. The van der Waals surface area contributed by atoms with Gasteiger partial charge in [0.2, 0.25) is 0 Å². The third-order valence-corrected chi connectivity index (χ3v) is 3.96. The molecule has 86 valence electrons. The van der Waals surface area contributed by atoms with Crippen LogP contribution in [0.1, 0.15) is 21.5 Å². The Morgan fingerprint density at radius 3 is 2.69 bits per heavy atom. The minimum atomic E-state index is -0.815. The smallest absolute Gasteiger partial charge is 0.310 e. The Morgan fingerprint density at radius 2 is 2.19 bits per heavy atom. The van der Waals surface area contributed by atoms with Crippen LogP contribution in [0.4, 0.5) is 0 Å². The van der Waals surface area contributed by atoms with Crippen molar-refractivity contribution in [2.24, 2.45) is 5.92 Å². The van der Waals surface area contributed by atoms with E-state index in [1.165, 1.54) is 16.2 Å². The van der Waals surface area contributed by atoms with Crippen molar-refractivity contribution in [3.63, 3.8) is 0 Å². The molecule has 2 rings (SSSR count). The first-order valence-electron chi connectivity index (χ1n) is 5.22. The summed E-state index contributed by atoms with van der Waals surface area (Å²) in [4.78, 5) is 25.9. The largest absolute Gasteiger partial charge is 0.481 e. The second-order valence-electron chi connectivity index (χ2n) is 3.86. The van der Waals surface area contributed by atoms with Crippen LogP contribution in [-0.4, -0.2) is 35.0 Å². The van der Waals surface area contributed by atoms with Gasteiger partial charge in [-0.15, -0.1) is 11.3 Å². The van der Waals surface area contributed by atoms with E-state index in [4.69, 9.17) is 5.11 Å². The number of carboxylic acids is 1. The molecule has 0 saturated carbocycles. The Balaban J connectivity index is 1.97. The van der Waals surface area contributed by atoms with Gasteiger partial charge in [0.05, 0.1) is 10.8 Å². The summed E-state index contributed by atoms with van der Waals surface area (Å²) in [5, 5.41) is 8.71. The number of aliphatic carboxylic acids is 1. The predicted molar refractivity (Wildman–Crippen MR) is 60.7 cm³/mol. The van der Waals surface area contributed by atoms with Crippen LogP contribution < -0.4 is 0 Å². The molecule has 1 aromatic heterocycles. The number of thiophene rings is 1. The number of amides is 1. The van der Waals surface area contributed by atoms with Gasteiger partial charge in [-0.25, -0.2) is 0 Å². The number of carbonyl (C=O) groups is 2. The summed E-state index contributed by atoms with van der Waals surface area (Å²) >= 11 is 1.49. The van der Waals surface area contributed by atoms with Crippen molar-refractivity contribution in [1.29, 1.82) is 0 Å². The number of carboxylic acid groups (broad SMARTS) is 1. The maximum atomic E-state index is 11.9. The minimum absolute atomic E-state index is 0.0396. The lowest BCUT2D eigenvalue weighted by atomic mass is 10.0. The molecule has 2 heterocycles. The molecule has 16 heavy (non-hydrogen) atoms. The van der Waals surface area contributed by atoms with Crippen molar-refractivity contribution >= 4 is 23.2 Å². The molecule has 5 heteroatoms. The van der Waals surface area contributed by atoms with Crippen LogP contribution in [0, 0.1) is 5.92 Å². The molecule has 1 aromatic rings. The maximum Gasteiger partial charge on any atom is 0.310 e. The molecule has 0 atom stereocenters. The molecule has 1 fully saturated rings. The zero-order valence-electron chi connectivity index (χ0n) is 8.97. The summed E-state index contributed by atoms with van der Waals surface area (Å²) in [5.74, 6) is -1.23. The number of rotatable bonds is 3.